The van der Waals surface area contributed by atoms with Gasteiger partial charge in [-0.15, -0.1) is 0 Å². The Morgan fingerprint density at radius 3 is 2.61 bits per heavy atom. The first-order valence-corrected chi connectivity index (χ1v) is 9.61. The van der Waals surface area contributed by atoms with Crippen molar-refractivity contribution in [2.45, 2.75) is 13.8 Å². The van der Waals surface area contributed by atoms with E-state index in [1.54, 1.807) is 6.07 Å². The van der Waals surface area contributed by atoms with E-state index in [1.165, 1.54) is 12.1 Å². The SMILES string of the molecule is CCN(CC)CCOc1ccc(NC/C=C2\C(=O)Nc3cc(F)ccc32)cc1. The van der Waals surface area contributed by atoms with E-state index in [0.29, 0.717) is 24.4 Å². The van der Waals surface area contributed by atoms with Crippen LogP contribution in [0.15, 0.2) is 48.5 Å². The summed E-state index contributed by atoms with van der Waals surface area (Å²) in [6.45, 7) is 8.40. The molecule has 1 aliphatic heterocycles. The maximum atomic E-state index is 13.3. The number of anilines is 2. The number of amides is 1. The molecule has 28 heavy (non-hydrogen) atoms. The number of rotatable bonds is 9. The Balaban J connectivity index is 1.52. The van der Waals surface area contributed by atoms with E-state index >= 15 is 0 Å². The summed E-state index contributed by atoms with van der Waals surface area (Å²) in [5.74, 6) is 0.263. The number of ether oxygens (including phenoxy) is 1. The van der Waals surface area contributed by atoms with Crippen LogP contribution in [0.3, 0.4) is 0 Å². The van der Waals surface area contributed by atoms with E-state index in [-0.39, 0.29) is 11.7 Å². The minimum absolute atomic E-state index is 0.209. The van der Waals surface area contributed by atoms with Crippen LogP contribution < -0.4 is 15.4 Å². The molecular formula is C22H26FN3O2. The van der Waals surface area contributed by atoms with Crippen molar-refractivity contribution in [1.82, 2.24) is 4.90 Å². The van der Waals surface area contributed by atoms with E-state index in [1.807, 2.05) is 30.3 Å². The fourth-order valence-corrected chi connectivity index (χ4v) is 3.14. The van der Waals surface area contributed by atoms with Crippen LogP contribution in [-0.4, -0.2) is 43.6 Å². The average molecular weight is 383 g/mol. The minimum atomic E-state index is -0.363. The molecule has 6 heteroatoms. The predicted molar refractivity (Wildman–Crippen MR) is 111 cm³/mol. The van der Waals surface area contributed by atoms with Gasteiger partial charge in [-0.1, -0.05) is 19.9 Å². The summed E-state index contributed by atoms with van der Waals surface area (Å²) in [5.41, 5.74) is 2.73. The molecule has 0 aliphatic carbocycles. The van der Waals surface area contributed by atoms with Crippen molar-refractivity contribution in [2.75, 3.05) is 43.4 Å². The minimum Gasteiger partial charge on any atom is -0.492 e. The topological polar surface area (TPSA) is 53.6 Å². The second kappa shape index (κ2) is 9.37. The molecule has 0 saturated heterocycles. The van der Waals surface area contributed by atoms with Gasteiger partial charge < -0.3 is 20.3 Å². The molecule has 148 valence electrons. The number of hydrogen-bond acceptors (Lipinski definition) is 4. The van der Waals surface area contributed by atoms with E-state index in [2.05, 4.69) is 29.4 Å². The molecular weight excluding hydrogens is 357 g/mol. The largest absolute Gasteiger partial charge is 0.492 e. The summed E-state index contributed by atoms with van der Waals surface area (Å²) in [5, 5.41) is 5.95. The average Bonchev–Trinajstić information content (AvgIpc) is 3.01. The lowest BCUT2D eigenvalue weighted by Crippen LogP contribution is -2.27. The maximum Gasteiger partial charge on any atom is 0.256 e. The fraction of sp³-hybridized carbons (Fsp3) is 0.318. The van der Waals surface area contributed by atoms with Crippen molar-refractivity contribution in [1.29, 1.82) is 0 Å². The molecule has 0 fully saturated rings. The second-order valence-electron chi connectivity index (χ2n) is 6.54. The van der Waals surface area contributed by atoms with Crippen molar-refractivity contribution in [3.63, 3.8) is 0 Å². The van der Waals surface area contributed by atoms with E-state index in [9.17, 15) is 9.18 Å². The van der Waals surface area contributed by atoms with Gasteiger partial charge >= 0.3 is 0 Å². The lowest BCUT2D eigenvalue weighted by Gasteiger charge is -2.18. The molecule has 1 amide bonds. The van der Waals surface area contributed by atoms with Gasteiger partial charge in [0.05, 0.1) is 5.69 Å². The van der Waals surface area contributed by atoms with E-state index < -0.39 is 0 Å². The Morgan fingerprint density at radius 2 is 1.89 bits per heavy atom. The van der Waals surface area contributed by atoms with Gasteiger partial charge in [0.2, 0.25) is 0 Å². The summed E-state index contributed by atoms with van der Waals surface area (Å²) in [7, 11) is 0. The van der Waals surface area contributed by atoms with Gasteiger partial charge in [-0.25, -0.2) is 4.39 Å². The van der Waals surface area contributed by atoms with Gasteiger partial charge in [0, 0.05) is 29.9 Å². The third kappa shape index (κ3) is 4.89. The van der Waals surface area contributed by atoms with Gasteiger partial charge in [0.15, 0.2) is 0 Å². The third-order valence-corrected chi connectivity index (χ3v) is 4.80. The third-order valence-electron chi connectivity index (χ3n) is 4.80. The van der Waals surface area contributed by atoms with Crippen LogP contribution in [0.5, 0.6) is 5.75 Å². The summed E-state index contributed by atoms with van der Waals surface area (Å²) in [6, 6.07) is 12.1. The zero-order valence-electron chi connectivity index (χ0n) is 16.3. The number of hydrogen-bond donors (Lipinski definition) is 2. The van der Waals surface area contributed by atoms with Crippen LogP contribution >= 0.6 is 0 Å². The smallest absolute Gasteiger partial charge is 0.256 e. The molecule has 0 spiro atoms. The van der Waals surface area contributed by atoms with Crippen molar-refractivity contribution in [3.05, 3.63) is 59.9 Å². The molecule has 0 atom stereocenters. The molecule has 5 nitrogen and oxygen atoms in total. The van der Waals surface area contributed by atoms with Crippen molar-refractivity contribution < 1.29 is 13.9 Å². The Hall–Kier alpha value is -2.86. The zero-order chi connectivity index (χ0) is 19.9. The molecule has 0 saturated carbocycles. The number of likely N-dealkylation sites (N-methyl/N-ethyl adjacent to an activating group) is 1. The first-order valence-electron chi connectivity index (χ1n) is 9.61. The number of halogens is 1. The van der Waals surface area contributed by atoms with Gasteiger partial charge in [-0.05, 0) is 55.6 Å². The quantitative estimate of drug-likeness (QED) is 0.643. The van der Waals surface area contributed by atoms with Crippen molar-refractivity contribution >= 4 is 22.9 Å². The molecule has 2 aromatic carbocycles. The Labute approximate surface area is 165 Å². The highest BCUT2D eigenvalue weighted by Gasteiger charge is 2.23. The molecule has 2 N–H and O–H groups in total. The Morgan fingerprint density at radius 1 is 1.14 bits per heavy atom. The van der Waals surface area contributed by atoms with Crippen LogP contribution in [0, 0.1) is 5.82 Å². The lowest BCUT2D eigenvalue weighted by atomic mass is 10.1. The van der Waals surface area contributed by atoms with Gasteiger partial charge in [-0.2, -0.15) is 0 Å². The summed E-state index contributed by atoms with van der Waals surface area (Å²) in [4.78, 5) is 14.4. The highest BCUT2D eigenvalue weighted by Crippen LogP contribution is 2.32. The van der Waals surface area contributed by atoms with Crippen LogP contribution in [0.4, 0.5) is 15.8 Å². The molecule has 1 aliphatic rings. The molecule has 2 aromatic rings. The maximum absolute atomic E-state index is 13.3. The van der Waals surface area contributed by atoms with Gasteiger partial charge in [0.25, 0.3) is 5.91 Å². The van der Waals surface area contributed by atoms with Gasteiger partial charge in [-0.3, -0.25) is 4.79 Å². The van der Waals surface area contributed by atoms with Crippen LogP contribution in [0.2, 0.25) is 0 Å². The molecule has 0 bridgehead atoms. The van der Waals surface area contributed by atoms with E-state index in [4.69, 9.17) is 4.74 Å². The molecule has 1 heterocycles. The zero-order valence-corrected chi connectivity index (χ0v) is 16.3. The second-order valence-corrected chi connectivity index (χ2v) is 6.54. The predicted octanol–water partition coefficient (Wildman–Crippen LogP) is 3.99. The number of carbonyl (C=O) groups excluding carboxylic acids is 1. The molecule has 0 aromatic heterocycles. The molecule has 3 rings (SSSR count). The van der Waals surface area contributed by atoms with Crippen LogP contribution in [-0.2, 0) is 4.79 Å². The summed E-state index contributed by atoms with van der Waals surface area (Å²) >= 11 is 0. The van der Waals surface area contributed by atoms with Gasteiger partial charge in [0.1, 0.15) is 18.2 Å². The molecule has 0 radical (unpaired) electrons. The number of nitrogens with one attached hydrogen (secondary N) is 2. The Bertz CT molecular complexity index is 845. The summed E-state index contributed by atoms with van der Waals surface area (Å²) in [6.07, 6.45) is 1.81. The summed E-state index contributed by atoms with van der Waals surface area (Å²) < 4.78 is 19.1. The standard InChI is InChI=1S/C22H26FN3O2/c1-3-26(4-2)13-14-28-18-8-6-17(7-9-18)24-12-11-20-19-10-5-16(23)15-21(19)25-22(20)27/h5-11,15,24H,3-4,12-14H2,1-2H3,(H,25,27)/b20-11-. The lowest BCUT2D eigenvalue weighted by molar-refractivity contribution is -0.110. The highest BCUT2D eigenvalue weighted by molar-refractivity contribution is 6.31. The van der Waals surface area contributed by atoms with Crippen molar-refractivity contribution in [2.24, 2.45) is 0 Å². The monoisotopic (exact) mass is 383 g/mol. The van der Waals surface area contributed by atoms with Crippen molar-refractivity contribution in [3.8, 4) is 5.75 Å². The number of nitrogens with zero attached hydrogens (tertiary/aromatic N) is 1. The first-order chi connectivity index (χ1) is 13.6. The van der Waals surface area contributed by atoms with E-state index in [0.717, 1.165) is 36.6 Å². The highest BCUT2D eigenvalue weighted by atomic mass is 19.1. The van der Waals surface area contributed by atoms with Crippen LogP contribution in [0.25, 0.3) is 5.57 Å². The van der Waals surface area contributed by atoms with Crippen LogP contribution in [0.1, 0.15) is 19.4 Å². The molecule has 0 unspecified atom stereocenters. The number of fused-ring (bicyclic) bond motifs is 1. The number of benzene rings is 2. The normalized spacial score (nSPS) is 14.3. The first kappa shape index (κ1) is 19.9. The number of carbonyl (C=O) groups is 1. The fourth-order valence-electron chi connectivity index (χ4n) is 3.14. The Kier molecular flexibility index (Phi) is 6.66.